The van der Waals surface area contributed by atoms with Crippen molar-refractivity contribution in [1.29, 1.82) is 10.5 Å². The number of nitrogens with zero attached hydrogens (tertiary/aromatic N) is 2. The first-order chi connectivity index (χ1) is 10.7. The molecule has 22 heavy (non-hydrogen) atoms. The molecule has 2 aromatic carbocycles. The van der Waals surface area contributed by atoms with Gasteiger partial charge < -0.3 is 4.74 Å². The molecule has 1 unspecified atom stereocenters. The molecule has 0 aliphatic carbocycles. The van der Waals surface area contributed by atoms with E-state index in [1.165, 1.54) is 5.56 Å². The molecule has 2 rings (SSSR count). The van der Waals surface area contributed by atoms with Gasteiger partial charge in [0.05, 0.1) is 30.7 Å². The molecule has 0 saturated carbocycles. The highest BCUT2D eigenvalue weighted by Crippen LogP contribution is 2.28. The molecule has 0 radical (unpaired) electrons. The first-order valence-corrected chi connectivity index (χ1v) is 7.27. The van der Waals surface area contributed by atoms with Crippen molar-refractivity contribution in [3.05, 3.63) is 64.7 Å². The summed E-state index contributed by atoms with van der Waals surface area (Å²) in [7, 11) is 1.64. The Labute approximate surface area is 131 Å². The van der Waals surface area contributed by atoms with Crippen LogP contribution in [0.2, 0.25) is 0 Å². The molecule has 3 nitrogen and oxygen atoms in total. The van der Waals surface area contributed by atoms with Crippen molar-refractivity contribution in [1.82, 2.24) is 0 Å². The van der Waals surface area contributed by atoms with Crippen molar-refractivity contribution in [3.8, 4) is 17.9 Å². The van der Waals surface area contributed by atoms with E-state index in [9.17, 15) is 5.26 Å². The van der Waals surface area contributed by atoms with Gasteiger partial charge in [-0.3, -0.25) is 0 Å². The van der Waals surface area contributed by atoms with Gasteiger partial charge in [-0.05, 0) is 47.7 Å². The lowest BCUT2D eigenvalue weighted by Crippen LogP contribution is -2.03. The second-order valence-corrected chi connectivity index (χ2v) is 5.12. The predicted octanol–water partition coefficient (Wildman–Crippen LogP) is 3.98. The molecule has 0 N–H and O–H groups in total. The van der Waals surface area contributed by atoms with E-state index in [4.69, 9.17) is 10.00 Å². The molecule has 0 saturated heterocycles. The third kappa shape index (κ3) is 3.45. The predicted molar refractivity (Wildman–Crippen MR) is 85.6 cm³/mol. The van der Waals surface area contributed by atoms with Crippen molar-refractivity contribution in [2.45, 2.75) is 25.7 Å². The lowest BCUT2D eigenvalue weighted by Gasteiger charge is -2.14. The lowest BCUT2D eigenvalue weighted by molar-refractivity contribution is 0.409. The number of aryl methyl sites for hydroxylation is 1. The van der Waals surface area contributed by atoms with Crippen LogP contribution < -0.4 is 4.74 Å². The topological polar surface area (TPSA) is 56.8 Å². The highest BCUT2D eigenvalue weighted by atomic mass is 16.5. The van der Waals surface area contributed by atoms with E-state index in [0.717, 1.165) is 23.3 Å². The monoisotopic (exact) mass is 290 g/mol. The van der Waals surface area contributed by atoms with Crippen LogP contribution >= 0.6 is 0 Å². The number of rotatable bonds is 5. The van der Waals surface area contributed by atoms with Crippen molar-refractivity contribution < 1.29 is 4.74 Å². The molecule has 0 amide bonds. The van der Waals surface area contributed by atoms with Gasteiger partial charge in [0.15, 0.2) is 0 Å². The van der Waals surface area contributed by atoms with Gasteiger partial charge in [-0.25, -0.2) is 0 Å². The fraction of sp³-hybridized carbons (Fsp3) is 0.263. The summed E-state index contributed by atoms with van der Waals surface area (Å²) >= 11 is 0. The maximum absolute atomic E-state index is 9.52. The number of hydrogen-bond donors (Lipinski definition) is 0. The van der Waals surface area contributed by atoms with E-state index in [0.29, 0.717) is 12.0 Å². The Bertz CT molecular complexity index is 738. The molecular formula is C19H18N2O. The molecule has 0 fully saturated rings. The van der Waals surface area contributed by atoms with Gasteiger partial charge in [0.2, 0.25) is 0 Å². The molecule has 0 bridgehead atoms. The Kier molecular flexibility index (Phi) is 5.17. The number of ether oxygens (including phenoxy) is 1. The van der Waals surface area contributed by atoms with Crippen LogP contribution in [0.1, 0.15) is 35.1 Å². The van der Waals surface area contributed by atoms with E-state index < -0.39 is 0 Å². The van der Waals surface area contributed by atoms with Crippen LogP contribution in [0.5, 0.6) is 5.75 Å². The third-order valence-electron chi connectivity index (χ3n) is 3.75. The van der Waals surface area contributed by atoms with E-state index >= 15 is 0 Å². The van der Waals surface area contributed by atoms with E-state index in [1.54, 1.807) is 19.2 Å². The average Bonchev–Trinajstić information content (AvgIpc) is 2.59. The van der Waals surface area contributed by atoms with Gasteiger partial charge in [0, 0.05) is 0 Å². The second kappa shape index (κ2) is 7.29. The van der Waals surface area contributed by atoms with Crippen molar-refractivity contribution in [2.24, 2.45) is 0 Å². The van der Waals surface area contributed by atoms with Crippen LogP contribution in [0.15, 0.2) is 42.5 Å². The van der Waals surface area contributed by atoms with Crippen LogP contribution in [-0.2, 0) is 12.8 Å². The normalized spacial score (nSPS) is 11.3. The van der Waals surface area contributed by atoms with Gasteiger partial charge in [-0.2, -0.15) is 10.5 Å². The van der Waals surface area contributed by atoms with Crippen LogP contribution in [0.3, 0.4) is 0 Å². The van der Waals surface area contributed by atoms with Gasteiger partial charge >= 0.3 is 0 Å². The van der Waals surface area contributed by atoms with Gasteiger partial charge in [-0.1, -0.05) is 31.2 Å². The zero-order valence-corrected chi connectivity index (χ0v) is 12.8. The molecular weight excluding hydrogens is 272 g/mol. The Morgan fingerprint density at radius 3 is 2.59 bits per heavy atom. The van der Waals surface area contributed by atoms with Crippen LogP contribution in [0.25, 0.3) is 0 Å². The minimum absolute atomic E-state index is 0.297. The molecule has 2 aromatic rings. The van der Waals surface area contributed by atoms with E-state index in [1.807, 2.05) is 24.3 Å². The number of benzene rings is 2. The highest BCUT2D eigenvalue weighted by molar-refractivity contribution is 5.42. The lowest BCUT2D eigenvalue weighted by atomic mass is 9.91. The summed E-state index contributed by atoms with van der Waals surface area (Å²) in [6.45, 7) is 2.10. The second-order valence-electron chi connectivity index (χ2n) is 5.12. The molecule has 3 heteroatoms. The fourth-order valence-corrected chi connectivity index (χ4v) is 2.49. The molecule has 0 spiro atoms. The molecule has 0 aliphatic rings. The summed E-state index contributed by atoms with van der Waals surface area (Å²) in [5, 5.41) is 18.5. The van der Waals surface area contributed by atoms with E-state index in [-0.39, 0.29) is 5.92 Å². The van der Waals surface area contributed by atoms with Crippen LogP contribution in [0.4, 0.5) is 0 Å². The third-order valence-corrected chi connectivity index (χ3v) is 3.75. The van der Waals surface area contributed by atoms with Crippen molar-refractivity contribution >= 4 is 0 Å². The van der Waals surface area contributed by atoms with Gasteiger partial charge in [-0.15, -0.1) is 0 Å². The zero-order chi connectivity index (χ0) is 15.9. The molecule has 110 valence electrons. The molecule has 1 atom stereocenters. The van der Waals surface area contributed by atoms with Crippen molar-refractivity contribution in [3.63, 3.8) is 0 Å². The Morgan fingerprint density at radius 1 is 1.14 bits per heavy atom. The summed E-state index contributed by atoms with van der Waals surface area (Å²) < 4.78 is 5.41. The summed E-state index contributed by atoms with van der Waals surface area (Å²) in [5.41, 5.74) is 3.69. The molecule has 0 aromatic heterocycles. The molecule has 0 heterocycles. The smallest absolute Gasteiger partial charge is 0.122 e. The summed E-state index contributed by atoms with van der Waals surface area (Å²) in [6.07, 6.45) is 1.51. The first kappa shape index (κ1) is 15.6. The SMILES string of the molecule is CCc1ccc(OC)c(CC(C#N)c2cccc(C#N)c2)c1. The maximum Gasteiger partial charge on any atom is 0.122 e. The minimum Gasteiger partial charge on any atom is -0.496 e. The minimum atomic E-state index is -0.297. The van der Waals surface area contributed by atoms with Crippen LogP contribution in [-0.4, -0.2) is 7.11 Å². The first-order valence-electron chi connectivity index (χ1n) is 7.27. The number of nitriles is 2. The van der Waals surface area contributed by atoms with Gasteiger partial charge in [0.25, 0.3) is 0 Å². The Morgan fingerprint density at radius 2 is 1.95 bits per heavy atom. The quantitative estimate of drug-likeness (QED) is 0.837. The Hall–Kier alpha value is -2.78. The largest absolute Gasteiger partial charge is 0.496 e. The number of hydrogen-bond acceptors (Lipinski definition) is 3. The zero-order valence-electron chi connectivity index (χ0n) is 12.8. The van der Waals surface area contributed by atoms with Crippen molar-refractivity contribution in [2.75, 3.05) is 7.11 Å². The molecule has 0 aliphatic heterocycles. The van der Waals surface area contributed by atoms with Gasteiger partial charge in [0.1, 0.15) is 5.75 Å². The number of methoxy groups -OCH3 is 1. The Balaban J connectivity index is 2.34. The average molecular weight is 290 g/mol. The highest BCUT2D eigenvalue weighted by Gasteiger charge is 2.15. The standard InChI is InChI=1S/C19H18N2O/c1-3-14-7-8-19(22-2)17(9-14)11-18(13-21)16-6-4-5-15(10-16)12-20/h4-10,18H,3,11H2,1-2H3. The maximum atomic E-state index is 9.52. The van der Waals surface area contributed by atoms with Crippen LogP contribution in [0, 0.1) is 22.7 Å². The fourth-order valence-electron chi connectivity index (χ4n) is 2.49. The summed E-state index contributed by atoms with van der Waals surface area (Å²) in [4.78, 5) is 0. The summed E-state index contributed by atoms with van der Waals surface area (Å²) in [6, 6.07) is 17.8. The van der Waals surface area contributed by atoms with E-state index in [2.05, 4.69) is 25.1 Å². The summed E-state index contributed by atoms with van der Waals surface area (Å²) in [5.74, 6) is 0.503.